The summed E-state index contributed by atoms with van der Waals surface area (Å²) in [6.45, 7) is 0. The quantitative estimate of drug-likeness (QED) is 0.312. The van der Waals surface area contributed by atoms with Crippen LogP contribution in [0.15, 0.2) is 140 Å². The SMILES string of the molecule is c1ccc(N2c3ccccc3-c3ccccc3O[Si]2(c2ccccc2)c2ccccc2)cc1. The van der Waals surface area contributed by atoms with Gasteiger partial charge >= 0.3 is 8.48 Å². The molecule has 33 heavy (non-hydrogen) atoms. The van der Waals surface area contributed by atoms with Gasteiger partial charge in [0.15, 0.2) is 0 Å². The molecule has 2 nitrogen and oxygen atoms in total. The average molecular weight is 442 g/mol. The smallest absolute Gasteiger partial charge is 0.433 e. The van der Waals surface area contributed by atoms with Crippen LogP contribution in [0.25, 0.3) is 11.1 Å². The first kappa shape index (κ1) is 19.6. The third-order valence-electron chi connectivity index (χ3n) is 6.24. The Labute approximate surface area is 195 Å². The summed E-state index contributed by atoms with van der Waals surface area (Å²) in [7, 11) is -3.02. The highest BCUT2D eigenvalue weighted by atomic mass is 28.4. The number of hydrogen-bond donors (Lipinski definition) is 0. The van der Waals surface area contributed by atoms with Gasteiger partial charge in [-0.25, -0.2) is 0 Å². The number of benzene rings is 5. The van der Waals surface area contributed by atoms with E-state index >= 15 is 0 Å². The van der Waals surface area contributed by atoms with Crippen molar-refractivity contribution in [2.24, 2.45) is 0 Å². The van der Waals surface area contributed by atoms with Crippen LogP contribution in [-0.2, 0) is 0 Å². The van der Waals surface area contributed by atoms with Crippen molar-refractivity contribution in [2.75, 3.05) is 4.57 Å². The van der Waals surface area contributed by atoms with Crippen molar-refractivity contribution >= 4 is 30.2 Å². The van der Waals surface area contributed by atoms with Crippen LogP contribution in [0.1, 0.15) is 0 Å². The van der Waals surface area contributed by atoms with Gasteiger partial charge in [0, 0.05) is 32.9 Å². The van der Waals surface area contributed by atoms with Crippen molar-refractivity contribution in [3.63, 3.8) is 0 Å². The molecule has 0 N–H and O–H groups in total. The molecule has 0 saturated heterocycles. The number of fused-ring (bicyclic) bond motifs is 3. The second-order valence-corrected chi connectivity index (χ2v) is 11.3. The summed E-state index contributed by atoms with van der Waals surface area (Å²) >= 11 is 0. The molecule has 1 aliphatic rings. The minimum Gasteiger partial charge on any atom is -0.518 e. The fourth-order valence-corrected chi connectivity index (χ4v) is 8.83. The van der Waals surface area contributed by atoms with Gasteiger partial charge < -0.3 is 8.99 Å². The zero-order valence-electron chi connectivity index (χ0n) is 18.1. The van der Waals surface area contributed by atoms with Crippen molar-refractivity contribution in [2.45, 2.75) is 0 Å². The molecule has 0 atom stereocenters. The number of hydrogen-bond acceptors (Lipinski definition) is 2. The lowest BCUT2D eigenvalue weighted by Crippen LogP contribution is -2.73. The molecule has 0 fully saturated rings. The van der Waals surface area contributed by atoms with Gasteiger partial charge in [0.25, 0.3) is 0 Å². The predicted molar refractivity (Wildman–Crippen MR) is 139 cm³/mol. The monoisotopic (exact) mass is 441 g/mol. The highest BCUT2D eigenvalue weighted by Crippen LogP contribution is 2.45. The largest absolute Gasteiger partial charge is 0.518 e. The van der Waals surface area contributed by atoms with E-state index in [1.54, 1.807) is 0 Å². The maximum Gasteiger partial charge on any atom is 0.433 e. The van der Waals surface area contributed by atoms with Crippen LogP contribution in [0, 0.1) is 0 Å². The maximum absolute atomic E-state index is 7.33. The molecule has 0 unspecified atom stereocenters. The Morgan fingerprint density at radius 3 is 1.58 bits per heavy atom. The van der Waals surface area contributed by atoms with Gasteiger partial charge in [0.1, 0.15) is 5.75 Å². The zero-order chi connectivity index (χ0) is 22.1. The fourth-order valence-electron chi connectivity index (χ4n) is 4.82. The van der Waals surface area contributed by atoms with E-state index < -0.39 is 8.48 Å². The Bertz CT molecular complexity index is 1350. The lowest BCUT2D eigenvalue weighted by Gasteiger charge is -2.42. The minimum atomic E-state index is -3.02. The number of rotatable bonds is 3. The summed E-state index contributed by atoms with van der Waals surface area (Å²) in [5, 5.41) is 2.40. The summed E-state index contributed by atoms with van der Waals surface area (Å²) in [6, 6.07) is 49.2. The Balaban J connectivity index is 1.79. The highest BCUT2D eigenvalue weighted by molar-refractivity contribution is 7.01. The standard InChI is InChI=1S/C30H23NOSi/c1-4-14-24(15-5-1)31-29-22-12-10-20-27(29)28-21-11-13-23-30(28)32-33(31,25-16-6-2-7-17-25)26-18-8-3-9-19-26/h1-23H. The third-order valence-corrected chi connectivity index (χ3v) is 10.1. The van der Waals surface area contributed by atoms with Crippen LogP contribution in [0.5, 0.6) is 5.75 Å². The van der Waals surface area contributed by atoms with Gasteiger partial charge in [0.2, 0.25) is 0 Å². The van der Waals surface area contributed by atoms with Crippen molar-refractivity contribution in [1.29, 1.82) is 0 Å². The fraction of sp³-hybridized carbons (Fsp3) is 0. The summed E-state index contributed by atoms with van der Waals surface area (Å²) < 4.78 is 9.81. The van der Waals surface area contributed by atoms with E-state index in [1.807, 2.05) is 0 Å². The molecular formula is C30H23NOSi. The van der Waals surface area contributed by atoms with E-state index in [9.17, 15) is 0 Å². The van der Waals surface area contributed by atoms with E-state index in [1.165, 1.54) is 15.9 Å². The van der Waals surface area contributed by atoms with Crippen LogP contribution < -0.4 is 19.4 Å². The Hall–Kier alpha value is -4.08. The topological polar surface area (TPSA) is 12.5 Å². The Morgan fingerprint density at radius 1 is 0.455 bits per heavy atom. The Kier molecular flexibility index (Phi) is 4.82. The van der Waals surface area contributed by atoms with Crippen LogP contribution >= 0.6 is 0 Å². The third kappa shape index (κ3) is 3.17. The van der Waals surface area contributed by atoms with Gasteiger partial charge in [-0.1, -0.05) is 115 Å². The van der Waals surface area contributed by atoms with Gasteiger partial charge in [-0.3, -0.25) is 0 Å². The lowest BCUT2D eigenvalue weighted by molar-refractivity contribution is 0.567. The number of anilines is 2. The molecule has 5 aromatic carbocycles. The molecule has 0 aliphatic carbocycles. The van der Waals surface area contributed by atoms with Crippen molar-refractivity contribution in [1.82, 2.24) is 0 Å². The normalized spacial score (nSPS) is 13.9. The lowest BCUT2D eigenvalue weighted by atomic mass is 10.0. The van der Waals surface area contributed by atoms with Crippen molar-refractivity contribution in [3.05, 3.63) is 140 Å². The van der Waals surface area contributed by atoms with Gasteiger partial charge in [0.05, 0.1) is 0 Å². The second kappa shape index (κ2) is 8.12. The molecule has 5 aromatic rings. The molecule has 1 aliphatic heterocycles. The maximum atomic E-state index is 7.33. The van der Waals surface area contributed by atoms with E-state index in [-0.39, 0.29) is 0 Å². The minimum absolute atomic E-state index is 0.919. The van der Waals surface area contributed by atoms with E-state index in [0.717, 1.165) is 22.7 Å². The molecule has 158 valence electrons. The second-order valence-electron chi connectivity index (χ2n) is 8.16. The molecule has 0 bridgehead atoms. The summed E-state index contributed by atoms with van der Waals surface area (Å²) in [6.07, 6.45) is 0. The Morgan fingerprint density at radius 2 is 0.939 bits per heavy atom. The van der Waals surface area contributed by atoms with Crippen molar-refractivity contribution < 1.29 is 4.43 Å². The van der Waals surface area contributed by atoms with Crippen LogP contribution in [0.2, 0.25) is 0 Å². The molecule has 0 saturated carbocycles. The van der Waals surface area contributed by atoms with E-state index in [2.05, 4.69) is 144 Å². The van der Waals surface area contributed by atoms with E-state index in [4.69, 9.17) is 4.43 Å². The molecule has 6 rings (SSSR count). The summed E-state index contributed by atoms with van der Waals surface area (Å²) in [5.74, 6) is 0.919. The molecule has 0 spiro atoms. The first-order valence-corrected chi connectivity index (χ1v) is 13.1. The highest BCUT2D eigenvalue weighted by Gasteiger charge is 2.52. The van der Waals surface area contributed by atoms with Crippen LogP contribution in [0.4, 0.5) is 11.4 Å². The first-order valence-electron chi connectivity index (χ1n) is 11.2. The summed E-state index contributed by atoms with van der Waals surface area (Å²) in [5.41, 5.74) is 4.58. The predicted octanol–water partition coefficient (Wildman–Crippen LogP) is 6.14. The van der Waals surface area contributed by atoms with E-state index in [0.29, 0.717) is 0 Å². The van der Waals surface area contributed by atoms with Crippen molar-refractivity contribution in [3.8, 4) is 16.9 Å². The molecule has 3 heteroatoms. The number of nitrogens with zero attached hydrogens (tertiary/aromatic N) is 1. The van der Waals surface area contributed by atoms with Gasteiger partial charge in [-0.15, -0.1) is 0 Å². The molecule has 1 heterocycles. The molecular weight excluding hydrogens is 418 g/mol. The zero-order valence-corrected chi connectivity index (χ0v) is 19.1. The molecule has 0 radical (unpaired) electrons. The summed E-state index contributed by atoms with van der Waals surface area (Å²) in [4.78, 5) is 0. The molecule has 0 aromatic heterocycles. The van der Waals surface area contributed by atoms with Crippen LogP contribution in [0.3, 0.4) is 0 Å². The average Bonchev–Trinajstić information content (AvgIpc) is 3.03. The number of para-hydroxylation sites is 3. The van der Waals surface area contributed by atoms with Crippen LogP contribution in [-0.4, -0.2) is 8.48 Å². The molecule has 0 amide bonds. The first-order chi connectivity index (χ1) is 16.4. The van der Waals surface area contributed by atoms with Gasteiger partial charge in [-0.05, 0) is 24.3 Å². The van der Waals surface area contributed by atoms with Gasteiger partial charge in [-0.2, -0.15) is 0 Å².